The summed E-state index contributed by atoms with van der Waals surface area (Å²) in [6.07, 6.45) is 2.82. The van der Waals surface area contributed by atoms with E-state index in [1.54, 1.807) is 13.8 Å². The highest BCUT2D eigenvalue weighted by Crippen LogP contribution is 2.28. The third-order valence-electron chi connectivity index (χ3n) is 3.29. The molecular formula is C10H19ClN4O2S. The zero-order chi connectivity index (χ0) is 12.7. The summed E-state index contributed by atoms with van der Waals surface area (Å²) in [6.45, 7) is 3.65. The van der Waals surface area contributed by atoms with Crippen LogP contribution in [0.2, 0.25) is 0 Å². The maximum atomic E-state index is 12.1. The van der Waals surface area contributed by atoms with E-state index < -0.39 is 10.0 Å². The van der Waals surface area contributed by atoms with Gasteiger partial charge in [0.25, 0.3) is 0 Å². The highest BCUT2D eigenvalue weighted by molar-refractivity contribution is 7.89. The highest BCUT2D eigenvalue weighted by atomic mass is 35.5. The Kier molecular flexibility index (Phi) is 4.42. The Labute approximate surface area is 113 Å². The molecule has 0 amide bonds. The van der Waals surface area contributed by atoms with Gasteiger partial charge in [-0.05, 0) is 33.1 Å². The maximum absolute atomic E-state index is 12.1. The molecule has 0 atom stereocenters. The molecule has 1 aliphatic carbocycles. The lowest BCUT2D eigenvalue weighted by atomic mass is 9.78. The molecule has 0 saturated heterocycles. The average molecular weight is 295 g/mol. The SMILES string of the molecule is Cc1n[nH]c(C)c1S(=O)(=O)NCC1(N)CCC1.Cl. The summed E-state index contributed by atoms with van der Waals surface area (Å²) in [4.78, 5) is 0.237. The van der Waals surface area contributed by atoms with Gasteiger partial charge < -0.3 is 5.73 Å². The fourth-order valence-electron chi connectivity index (χ4n) is 2.06. The molecule has 0 unspecified atom stereocenters. The van der Waals surface area contributed by atoms with Crippen LogP contribution in [0.4, 0.5) is 0 Å². The minimum atomic E-state index is -3.51. The van der Waals surface area contributed by atoms with Crippen LogP contribution in [0.3, 0.4) is 0 Å². The molecule has 1 fully saturated rings. The van der Waals surface area contributed by atoms with Crippen LogP contribution < -0.4 is 10.5 Å². The smallest absolute Gasteiger partial charge is 0.244 e. The fourth-order valence-corrected chi connectivity index (χ4v) is 3.56. The molecule has 0 radical (unpaired) electrons. The zero-order valence-corrected chi connectivity index (χ0v) is 12.1. The Morgan fingerprint density at radius 1 is 1.44 bits per heavy atom. The van der Waals surface area contributed by atoms with Crippen LogP contribution in [0.1, 0.15) is 30.7 Å². The van der Waals surface area contributed by atoms with Gasteiger partial charge in [0, 0.05) is 12.1 Å². The second kappa shape index (κ2) is 5.16. The van der Waals surface area contributed by atoms with Gasteiger partial charge in [0.15, 0.2) is 0 Å². The predicted octanol–water partition coefficient (Wildman–Crippen LogP) is 0.608. The summed E-state index contributed by atoms with van der Waals surface area (Å²) >= 11 is 0. The molecule has 8 heteroatoms. The van der Waals surface area contributed by atoms with E-state index in [1.807, 2.05) is 0 Å². The Morgan fingerprint density at radius 2 is 2.06 bits per heavy atom. The largest absolute Gasteiger partial charge is 0.324 e. The first kappa shape index (κ1) is 15.4. The van der Waals surface area contributed by atoms with Crippen LogP contribution in [0, 0.1) is 13.8 Å². The number of nitrogens with one attached hydrogen (secondary N) is 2. The van der Waals surface area contributed by atoms with Crippen molar-refractivity contribution in [2.45, 2.75) is 43.5 Å². The summed E-state index contributed by atoms with van der Waals surface area (Å²) < 4.78 is 26.8. The van der Waals surface area contributed by atoms with Crippen molar-refractivity contribution >= 4 is 22.4 Å². The third kappa shape index (κ3) is 2.85. The molecule has 0 spiro atoms. The minimum Gasteiger partial charge on any atom is -0.324 e. The summed E-state index contributed by atoms with van der Waals surface area (Å²) in [7, 11) is -3.51. The molecule has 1 aromatic rings. The van der Waals surface area contributed by atoms with Crippen LogP contribution in [0.25, 0.3) is 0 Å². The van der Waals surface area contributed by atoms with Gasteiger partial charge in [-0.1, -0.05) is 0 Å². The van der Waals surface area contributed by atoms with Crippen LogP contribution in [-0.2, 0) is 10.0 Å². The average Bonchev–Trinajstić information content (AvgIpc) is 2.53. The number of aryl methyl sites for hydroxylation is 2. The van der Waals surface area contributed by atoms with Gasteiger partial charge in [-0.25, -0.2) is 13.1 Å². The number of aromatic amines is 1. The van der Waals surface area contributed by atoms with E-state index in [1.165, 1.54) is 0 Å². The number of hydrogen-bond donors (Lipinski definition) is 3. The molecule has 4 N–H and O–H groups in total. The summed E-state index contributed by atoms with van der Waals surface area (Å²) in [5.74, 6) is 0. The number of nitrogens with two attached hydrogens (primary N) is 1. The van der Waals surface area contributed by atoms with Crippen LogP contribution in [-0.4, -0.2) is 30.7 Å². The molecule has 0 aromatic carbocycles. The standard InChI is InChI=1S/C10H18N4O2S.ClH/c1-7-9(8(2)14-13-7)17(15,16)12-6-10(11)4-3-5-10;/h12H,3-6,11H2,1-2H3,(H,13,14);1H. The molecule has 1 aromatic heterocycles. The molecule has 104 valence electrons. The Balaban J connectivity index is 0.00000162. The molecule has 1 aliphatic rings. The van der Waals surface area contributed by atoms with E-state index in [9.17, 15) is 8.42 Å². The van der Waals surface area contributed by atoms with Crippen molar-refractivity contribution in [3.63, 3.8) is 0 Å². The van der Waals surface area contributed by atoms with Crippen molar-refractivity contribution in [3.8, 4) is 0 Å². The lowest BCUT2D eigenvalue weighted by molar-refractivity contribution is 0.251. The van der Waals surface area contributed by atoms with E-state index in [4.69, 9.17) is 5.73 Å². The van der Waals surface area contributed by atoms with Crippen LogP contribution >= 0.6 is 12.4 Å². The number of nitrogens with zero attached hydrogens (tertiary/aromatic N) is 1. The number of rotatable bonds is 4. The monoisotopic (exact) mass is 294 g/mol. The van der Waals surface area contributed by atoms with Gasteiger partial charge >= 0.3 is 0 Å². The molecule has 2 rings (SSSR count). The normalized spacial score (nSPS) is 17.9. The summed E-state index contributed by atoms with van der Waals surface area (Å²) in [6, 6.07) is 0. The molecule has 1 saturated carbocycles. The summed E-state index contributed by atoms with van der Waals surface area (Å²) in [5.41, 5.74) is 6.66. The molecule has 0 bridgehead atoms. The first-order valence-electron chi connectivity index (χ1n) is 5.64. The second-order valence-electron chi connectivity index (χ2n) is 4.80. The van der Waals surface area contributed by atoms with Gasteiger partial charge in [0.2, 0.25) is 10.0 Å². The molecule has 1 heterocycles. The van der Waals surface area contributed by atoms with Crippen molar-refractivity contribution in [1.82, 2.24) is 14.9 Å². The number of aromatic nitrogens is 2. The van der Waals surface area contributed by atoms with Crippen LogP contribution in [0.5, 0.6) is 0 Å². The Hall–Kier alpha value is -0.630. The lowest BCUT2D eigenvalue weighted by Crippen LogP contribution is -2.54. The third-order valence-corrected chi connectivity index (χ3v) is 4.96. The second-order valence-corrected chi connectivity index (χ2v) is 6.51. The van der Waals surface area contributed by atoms with Crippen molar-refractivity contribution in [3.05, 3.63) is 11.4 Å². The molecule has 6 nitrogen and oxygen atoms in total. The topological polar surface area (TPSA) is 101 Å². The highest BCUT2D eigenvalue weighted by Gasteiger charge is 2.34. The minimum absolute atomic E-state index is 0. The molecule has 18 heavy (non-hydrogen) atoms. The predicted molar refractivity (Wildman–Crippen MR) is 71.3 cm³/mol. The zero-order valence-electron chi connectivity index (χ0n) is 10.5. The first-order chi connectivity index (χ1) is 7.84. The van der Waals surface area contributed by atoms with Crippen molar-refractivity contribution < 1.29 is 8.42 Å². The number of sulfonamides is 1. The number of hydrogen-bond acceptors (Lipinski definition) is 4. The molecule has 0 aliphatic heterocycles. The summed E-state index contributed by atoms with van der Waals surface area (Å²) in [5, 5.41) is 6.55. The fraction of sp³-hybridized carbons (Fsp3) is 0.700. The number of H-pyrrole nitrogens is 1. The first-order valence-corrected chi connectivity index (χ1v) is 7.12. The van der Waals surface area contributed by atoms with E-state index in [-0.39, 0.29) is 22.8 Å². The van der Waals surface area contributed by atoms with Crippen LogP contribution in [0.15, 0.2) is 4.90 Å². The maximum Gasteiger partial charge on any atom is 0.244 e. The van der Waals surface area contributed by atoms with E-state index in [0.29, 0.717) is 17.9 Å². The Bertz CT molecular complexity index is 502. The van der Waals surface area contributed by atoms with E-state index in [2.05, 4.69) is 14.9 Å². The lowest BCUT2D eigenvalue weighted by Gasteiger charge is -2.37. The van der Waals surface area contributed by atoms with Crippen molar-refractivity contribution in [2.75, 3.05) is 6.54 Å². The van der Waals surface area contributed by atoms with Gasteiger partial charge in [-0.3, -0.25) is 5.10 Å². The van der Waals surface area contributed by atoms with Gasteiger partial charge in [-0.15, -0.1) is 12.4 Å². The van der Waals surface area contributed by atoms with E-state index >= 15 is 0 Å². The van der Waals surface area contributed by atoms with Gasteiger partial charge in [-0.2, -0.15) is 5.10 Å². The van der Waals surface area contributed by atoms with Crippen molar-refractivity contribution in [2.24, 2.45) is 5.73 Å². The Morgan fingerprint density at radius 3 is 2.44 bits per heavy atom. The molecular weight excluding hydrogens is 276 g/mol. The van der Waals surface area contributed by atoms with Crippen molar-refractivity contribution in [1.29, 1.82) is 0 Å². The van der Waals surface area contributed by atoms with E-state index in [0.717, 1.165) is 19.3 Å². The van der Waals surface area contributed by atoms with Gasteiger partial charge in [0.05, 0.1) is 11.4 Å². The van der Waals surface area contributed by atoms with Gasteiger partial charge in [0.1, 0.15) is 4.90 Å². The quantitative estimate of drug-likeness (QED) is 0.757. The number of halogens is 1.